The van der Waals surface area contributed by atoms with E-state index in [-0.39, 0.29) is 17.9 Å². The predicted octanol–water partition coefficient (Wildman–Crippen LogP) is 3.01. The molecule has 2 atom stereocenters. The highest BCUT2D eigenvalue weighted by Gasteiger charge is 2.11. The Morgan fingerprint density at radius 1 is 1.38 bits per heavy atom. The first-order valence-electron chi connectivity index (χ1n) is 8.31. The number of hydrogen-bond donors (Lipinski definition) is 4. The summed E-state index contributed by atoms with van der Waals surface area (Å²) in [6.07, 6.45) is 4.58. The van der Waals surface area contributed by atoms with Crippen LogP contribution in [0.25, 0.3) is 0 Å². The lowest BCUT2D eigenvalue weighted by Gasteiger charge is -2.17. The Bertz CT molecular complexity index is 491. The van der Waals surface area contributed by atoms with E-state index in [0.717, 1.165) is 50.0 Å². The molecule has 0 saturated carbocycles. The number of rotatable bonds is 13. The lowest BCUT2D eigenvalue weighted by atomic mass is 10.0. The van der Waals surface area contributed by atoms with E-state index in [2.05, 4.69) is 17.6 Å². The Kier molecular flexibility index (Phi) is 10.7. The van der Waals surface area contributed by atoms with Gasteiger partial charge in [-0.3, -0.25) is 4.79 Å². The number of amides is 1. The second-order valence-corrected chi connectivity index (χ2v) is 6.61. The van der Waals surface area contributed by atoms with Crippen LogP contribution in [0.1, 0.15) is 38.2 Å². The fourth-order valence-corrected chi connectivity index (χ4v) is 2.84. The normalized spacial score (nSPS) is 13.5. The van der Waals surface area contributed by atoms with Crippen LogP contribution in [0.3, 0.4) is 0 Å². The fraction of sp³-hybridized carbons (Fsp3) is 0.588. The van der Waals surface area contributed by atoms with Crippen molar-refractivity contribution >= 4 is 24.1 Å². The van der Waals surface area contributed by atoms with Gasteiger partial charge in [0.2, 0.25) is 6.41 Å². The van der Waals surface area contributed by atoms with Gasteiger partial charge in [0.15, 0.2) is 0 Å². The second kappa shape index (κ2) is 12.2. The third-order valence-corrected chi connectivity index (χ3v) is 4.45. The number of benzene rings is 1. The first-order chi connectivity index (χ1) is 11.6. The highest BCUT2D eigenvalue weighted by molar-refractivity contribution is 7.93. The van der Waals surface area contributed by atoms with Crippen molar-refractivity contribution in [1.29, 1.82) is 0 Å². The molecule has 5 nitrogen and oxygen atoms in total. The molecule has 136 valence electrons. The maximum Gasteiger partial charge on any atom is 0.211 e. The van der Waals surface area contributed by atoms with Gasteiger partial charge in [-0.2, -0.15) is 0 Å². The van der Waals surface area contributed by atoms with Gasteiger partial charge in [0.1, 0.15) is 5.82 Å². The van der Waals surface area contributed by atoms with E-state index in [9.17, 15) is 9.18 Å². The van der Waals surface area contributed by atoms with Gasteiger partial charge >= 0.3 is 0 Å². The van der Waals surface area contributed by atoms with E-state index in [1.54, 1.807) is 12.1 Å². The van der Waals surface area contributed by atoms with E-state index in [1.807, 2.05) is 0 Å². The van der Waals surface area contributed by atoms with Gasteiger partial charge in [0.25, 0.3) is 0 Å². The van der Waals surface area contributed by atoms with E-state index in [1.165, 1.54) is 6.07 Å². The maximum absolute atomic E-state index is 13.9. The van der Waals surface area contributed by atoms with Crippen molar-refractivity contribution in [3.8, 4) is 0 Å². The number of halogens is 1. The zero-order valence-electron chi connectivity index (χ0n) is 14.1. The Balaban J connectivity index is 2.31. The molecule has 0 radical (unpaired) electrons. The summed E-state index contributed by atoms with van der Waals surface area (Å²) in [4.78, 5) is 10.6. The van der Waals surface area contributed by atoms with Crippen LogP contribution in [-0.2, 0) is 11.2 Å². The molecule has 0 heterocycles. The molecule has 24 heavy (non-hydrogen) atoms. The van der Waals surface area contributed by atoms with Gasteiger partial charge in [-0.25, -0.2) is 4.39 Å². The minimum Gasteiger partial charge on any atom is -0.330 e. The first kappa shape index (κ1) is 20.9. The number of anilines is 1. The van der Waals surface area contributed by atoms with Crippen molar-refractivity contribution < 1.29 is 13.7 Å². The summed E-state index contributed by atoms with van der Waals surface area (Å²) in [6, 6.07) is 5.06. The van der Waals surface area contributed by atoms with Crippen LogP contribution >= 0.6 is 12.0 Å². The lowest BCUT2D eigenvalue weighted by Crippen LogP contribution is -2.32. The van der Waals surface area contributed by atoms with E-state index >= 15 is 0 Å². The molecule has 0 saturated heterocycles. The maximum atomic E-state index is 13.9. The quantitative estimate of drug-likeness (QED) is 0.248. The van der Waals surface area contributed by atoms with E-state index in [0.29, 0.717) is 24.1 Å². The van der Waals surface area contributed by atoms with Crippen LogP contribution in [0.15, 0.2) is 18.2 Å². The Hall–Kier alpha value is -1.15. The summed E-state index contributed by atoms with van der Waals surface area (Å²) in [5, 5.41) is 5.94. The largest absolute Gasteiger partial charge is 0.330 e. The van der Waals surface area contributed by atoms with Crippen LogP contribution in [0.2, 0.25) is 0 Å². The Labute approximate surface area is 147 Å². The van der Waals surface area contributed by atoms with Gasteiger partial charge in [-0.1, -0.05) is 6.07 Å². The van der Waals surface area contributed by atoms with Crippen LogP contribution in [0.5, 0.6) is 0 Å². The van der Waals surface area contributed by atoms with Crippen LogP contribution in [0.4, 0.5) is 10.1 Å². The first-order valence-corrected chi connectivity index (χ1v) is 9.25. The van der Waals surface area contributed by atoms with Crippen molar-refractivity contribution in [3.63, 3.8) is 0 Å². The number of hydrogen-bond acceptors (Lipinski definition) is 5. The standard InChI is InChI=1S/C17H28FN3O2S/c1-13(20-10-9-14(19)4-3-11-24-23)7-8-15-16(18)5-2-6-17(15)21-12-22/h2,5-6,12-14,20,23H,3-4,7-11,19H2,1H3,(H,21,22). The van der Waals surface area contributed by atoms with Crippen molar-refractivity contribution in [3.05, 3.63) is 29.6 Å². The molecule has 0 aromatic heterocycles. The Morgan fingerprint density at radius 2 is 2.17 bits per heavy atom. The molecule has 5 N–H and O–H groups in total. The lowest BCUT2D eigenvalue weighted by molar-refractivity contribution is -0.105. The summed E-state index contributed by atoms with van der Waals surface area (Å²) >= 11 is 0.854. The summed E-state index contributed by atoms with van der Waals surface area (Å²) in [5.41, 5.74) is 7.08. The highest BCUT2D eigenvalue weighted by Crippen LogP contribution is 2.20. The smallest absolute Gasteiger partial charge is 0.211 e. The van der Waals surface area contributed by atoms with Crippen molar-refractivity contribution in [1.82, 2.24) is 5.32 Å². The molecule has 0 aliphatic carbocycles. The minimum absolute atomic E-state index is 0.131. The summed E-state index contributed by atoms with van der Waals surface area (Å²) < 4.78 is 22.6. The third kappa shape index (κ3) is 8.10. The molecule has 7 heteroatoms. The SMILES string of the molecule is CC(CCc1c(F)cccc1NC=O)NCCC(N)CCCSO. The summed E-state index contributed by atoms with van der Waals surface area (Å²) in [5.74, 6) is 0.426. The Morgan fingerprint density at radius 3 is 2.88 bits per heavy atom. The molecule has 1 amide bonds. The van der Waals surface area contributed by atoms with Crippen LogP contribution < -0.4 is 16.4 Å². The zero-order valence-corrected chi connectivity index (χ0v) is 14.9. The molecule has 0 fully saturated rings. The van der Waals surface area contributed by atoms with Crippen molar-refractivity contribution in [2.45, 2.75) is 51.1 Å². The van der Waals surface area contributed by atoms with Crippen molar-refractivity contribution in [2.75, 3.05) is 17.6 Å². The topological polar surface area (TPSA) is 87.4 Å². The second-order valence-electron chi connectivity index (χ2n) is 5.95. The van der Waals surface area contributed by atoms with Gasteiger partial charge < -0.3 is 20.9 Å². The molecule has 0 aliphatic rings. The number of nitrogens with two attached hydrogens (primary N) is 1. The molecule has 2 unspecified atom stereocenters. The molecular formula is C17H28FN3O2S. The van der Waals surface area contributed by atoms with Crippen LogP contribution in [-0.4, -0.2) is 35.3 Å². The molecule has 1 aromatic carbocycles. The van der Waals surface area contributed by atoms with Gasteiger partial charge in [0.05, 0.1) is 0 Å². The third-order valence-electron chi connectivity index (χ3n) is 3.98. The number of carbonyl (C=O) groups excluding carboxylic acids is 1. The van der Waals surface area contributed by atoms with Crippen LogP contribution in [0, 0.1) is 5.82 Å². The van der Waals surface area contributed by atoms with Gasteiger partial charge in [-0.15, -0.1) is 0 Å². The number of carbonyl (C=O) groups is 1. The van der Waals surface area contributed by atoms with E-state index < -0.39 is 0 Å². The average Bonchev–Trinajstić information content (AvgIpc) is 2.55. The molecule has 0 spiro atoms. The van der Waals surface area contributed by atoms with Gasteiger partial charge in [0, 0.05) is 29.1 Å². The van der Waals surface area contributed by atoms with Gasteiger partial charge in [-0.05, 0) is 69.7 Å². The summed E-state index contributed by atoms with van der Waals surface area (Å²) in [6.45, 7) is 2.87. The molecular weight excluding hydrogens is 329 g/mol. The number of nitrogens with one attached hydrogen (secondary N) is 2. The molecule has 0 aliphatic heterocycles. The fourth-order valence-electron chi connectivity index (χ4n) is 2.54. The van der Waals surface area contributed by atoms with E-state index in [4.69, 9.17) is 10.3 Å². The highest BCUT2D eigenvalue weighted by atomic mass is 32.2. The monoisotopic (exact) mass is 357 g/mol. The zero-order chi connectivity index (χ0) is 17.8. The molecule has 0 bridgehead atoms. The minimum atomic E-state index is -0.294. The van der Waals surface area contributed by atoms with Crippen molar-refractivity contribution in [2.24, 2.45) is 5.73 Å². The molecule has 1 aromatic rings. The molecule has 1 rings (SSSR count). The summed E-state index contributed by atoms with van der Waals surface area (Å²) in [7, 11) is 0. The average molecular weight is 357 g/mol. The predicted molar refractivity (Wildman–Crippen MR) is 98.8 cm³/mol.